The molecule has 1 N–H and O–H groups in total. The lowest BCUT2D eigenvalue weighted by molar-refractivity contribution is -0.143. The average molecular weight is 636 g/mol. The Morgan fingerprint density at radius 1 is 0.886 bits per heavy atom. The van der Waals surface area contributed by atoms with Gasteiger partial charge in [0.25, 0.3) is 0 Å². The van der Waals surface area contributed by atoms with Gasteiger partial charge in [0.05, 0.1) is 28.7 Å². The maximum absolute atomic E-state index is 13.9. The second-order valence-corrected chi connectivity index (χ2v) is 11.6. The molecule has 0 aromatic heterocycles. The Labute approximate surface area is 250 Å². The Kier molecular flexibility index (Phi) is 6.73. The van der Waals surface area contributed by atoms with Crippen LogP contribution in [-0.2, 0) is 31.5 Å². The first-order chi connectivity index (χ1) is 20.5. The van der Waals surface area contributed by atoms with Gasteiger partial charge < -0.3 is 5.11 Å². The van der Waals surface area contributed by atoms with Gasteiger partial charge in [-0.15, -0.1) is 0 Å². The fourth-order valence-corrected chi connectivity index (χ4v) is 7.07. The molecule has 0 saturated carbocycles. The molecule has 0 spiro atoms. The Morgan fingerprint density at radius 3 is 2.11 bits per heavy atom. The number of imide groups is 1. The van der Waals surface area contributed by atoms with Gasteiger partial charge in [0.1, 0.15) is 5.75 Å². The molecule has 2 aromatic rings. The molecule has 6 rings (SSSR count). The lowest BCUT2D eigenvalue weighted by Gasteiger charge is -2.42. The van der Waals surface area contributed by atoms with E-state index in [4.69, 9.17) is 11.6 Å². The van der Waals surface area contributed by atoms with Crippen molar-refractivity contribution in [3.63, 3.8) is 0 Å². The highest BCUT2D eigenvalue weighted by atomic mass is 35.5. The molecule has 4 atom stereocenters. The Morgan fingerprint density at radius 2 is 1.52 bits per heavy atom. The number of carbonyl (C=O) groups excluding carboxylic acids is 4. The Hall–Kier alpha value is -4.19. The SMILES string of the molecule is CC1=CC(=O)C2=C(C1=O)C(c1ccc(O)cc1Cl)C1=CCC3C(=O)N(c4cc(C(F)(F)F)cc(C(F)(F)F)c4)C(=O)C3C1C2. The lowest BCUT2D eigenvalue weighted by atomic mass is 9.59. The number of nitrogens with zero attached hydrogens (tertiary/aromatic N) is 1. The molecule has 4 aliphatic rings. The van der Waals surface area contributed by atoms with Gasteiger partial charge in [0.2, 0.25) is 11.8 Å². The molecule has 6 nitrogen and oxygen atoms in total. The minimum Gasteiger partial charge on any atom is -0.508 e. The fraction of sp³-hybridized carbons (Fsp3) is 0.290. The summed E-state index contributed by atoms with van der Waals surface area (Å²) < 4.78 is 81.5. The van der Waals surface area contributed by atoms with Crippen molar-refractivity contribution in [1.29, 1.82) is 0 Å². The summed E-state index contributed by atoms with van der Waals surface area (Å²) in [5, 5.41) is 9.98. The van der Waals surface area contributed by atoms with Crippen LogP contribution in [0.2, 0.25) is 5.02 Å². The zero-order valence-corrected chi connectivity index (χ0v) is 23.3. The zero-order chi connectivity index (χ0) is 32.0. The van der Waals surface area contributed by atoms with E-state index < -0.39 is 76.2 Å². The first kappa shape index (κ1) is 29.9. The largest absolute Gasteiger partial charge is 0.508 e. The van der Waals surface area contributed by atoms with Gasteiger partial charge in [-0.05, 0) is 67.7 Å². The van der Waals surface area contributed by atoms with Gasteiger partial charge in [-0.3, -0.25) is 19.2 Å². The Bertz CT molecular complexity index is 1750. The van der Waals surface area contributed by atoms with E-state index in [-0.39, 0.29) is 46.4 Å². The van der Waals surface area contributed by atoms with Crippen molar-refractivity contribution in [2.24, 2.45) is 17.8 Å². The van der Waals surface area contributed by atoms with Crippen LogP contribution < -0.4 is 4.90 Å². The summed E-state index contributed by atoms with van der Waals surface area (Å²) in [4.78, 5) is 54.5. The number of hydrogen-bond donors (Lipinski definition) is 1. The third kappa shape index (κ3) is 4.58. The van der Waals surface area contributed by atoms with Crippen molar-refractivity contribution in [1.82, 2.24) is 0 Å². The van der Waals surface area contributed by atoms with E-state index in [1.165, 1.54) is 25.1 Å². The molecule has 0 radical (unpaired) electrons. The smallest absolute Gasteiger partial charge is 0.416 e. The molecule has 4 unspecified atom stereocenters. The number of carbonyl (C=O) groups is 4. The number of fused-ring (bicyclic) bond motifs is 3. The van der Waals surface area contributed by atoms with E-state index in [0.29, 0.717) is 28.2 Å². The van der Waals surface area contributed by atoms with Gasteiger partial charge in [-0.2, -0.15) is 26.3 Å². The summed E-state index contributed by atoms with van der Waals surface area (Å²) in [6, 6.07) is 4.59. The number of hydrogen-bond acceptors (Lipinski definition) is 5. The molecule has 0 bridgehead atoms. The fourth-order valence-electron chi connectivity index (χ4n) is 6.79. The van der Waals surface area contributed by atoms with E-state index >= 15 is 0 Å². The number of phenolic OH excluding ortho intramolecular Hbond substituents is 1. The molecular formula is C31H20ClF6NO5. The molecule has 2 aromatic carbocycles. The summed E-state index contributed by atoms with van der Waals surface area (Å²) in [6.07, 6.45) is -7.89. The Balaban J connectivity index is 1.48. The molecule has 3 aliphatic carbocycles. The summed E-state index contributed by atoms with van der Waals surface area (Å²) in [5.41, 5.74) is -3.04. The topological polar surface area (TPSA) is 91.8 Å². The predicted molar refractivity (Wildman–Crippen MR) is 143 cm³/mol. The molecule has 1 heterocycles. The number of Topliss-reactive ketones (excluding diaryl/α,β-unsaturated/α-hetero) is 1. The maximum Gasteiger partial charge on any atom is 0.416 e. The first-order valence-corrected chi connectivity index (χ1v) is 13.7. The second-order valence-electron chi connectivity index (χ2n) is 11.2. The number of ketones is 2. The van der Waals surface area contributed by atoms with Crippen LogP contribution in [0.25, 0.3) is 0 Å². The first-order valence-electron chi connectivity index (χ1n) is 13.3. The highest BCUT2D eigenvalue weighted by Gasteiger charge is 2.57. The number of aromatic hydroxyl groups is 1. The number of phenols is 1. The summed E-state index contributed by atoms with van der Waals surface area (Å²) in [7, 11) is 0. The third-order valence-corrected chi connectivity index (χ3v) is 9.02. The number of benzene rings is 2. The van der Waals surface area contributed by atoms with E-state index in [1.54, 1.807) is 6.08 Å². The van der Waals surface area contributed by atoms with Crippen LogP contribution in [0.1, 0.15) is 42.4 Å². The summed E-state index contributed by atoms with van der Waals surface area (Å²) >= 11 is 6.48. The maximum atomic E-state index is 13.9. The van der Waals surface area contributed by atoms with Crippen molar-refractivity contribution in [3.05, 3.63) is 92.6 Å². The standard InChI is InChI=1S/C31H20ClF6NO5/c1-12-6-23(41)21-11-20-17(24(26(21)27(12)42)18-3-2-16(40)10-22(18)32)4-5-19-25(20)29(44)39(28(19)43)15-8-13(30(33,34)35)7-14(9-15)31(36,37)38/h2-4,6-10,19-20,24-25,40H,5,11H2,1H3. The van der Waals surface area contributed by atoms with Crippen LogP contribution in [0, 0.1) is 17.8 Å². The summed E-state index contributed by atoms with van der Waals surface area (Å²) in [6.45, 7) is 1.47. The number of alkyl halides is 6. The van der Waals surface area contributed by atoms with Crippen LogP contribution in [-0.4, -0.2) is 28.5 Å². The third-order valence-electron chi connectivity index (χ3n) is 8.69. The molecule has 1 aliphatic heterocycles. The number of anilines is 1. The predicted octanol–water partition coefficient (Wildman–Crippen LogP) is 6.72. The molecule has 44 heavy (non-hydrogen) atoms. The van der Waals surface area contributed by atoms with E-state index in [2.05, 4.69) is 0 Å². The van der Waals surface area contributed by atoms with Crippen LogP contribution in [0.15, 0.2) is 70.8 Å². The van der Waals surface area contributed by atoms with Crippen molar-refractivity contribution < 1.29 is 50.6 Å². The van der Waals surface area contributed by atoms with Gasteiger partial charge in [-0.1, -0.05) is 29.3 Å². The molecular weight excluding hydrogens is 616 g/mol. The van der Waals surface area contributed by atoms with Crippen molar-refractivity contribution >= 4 is 40.7 Å². The molecule has 1 saturated heterocycles. The zero-order valence-electron chi connectivity index (χ0n) is 22.5. The lowest BCUT2D eigenvalue weighted by Crippen LogP contribution is -2.40. The van der Waals surface area contributed by atoms with Crippen LogP contribution in [0.4, 0.5) is 32.0 Å². The highest BCUT2D eigenvalue weighted by molar-refractivity contribution is 6.32. The monoisotopic (exact) mass is 635 g/mol. The van der Waals surface area contributed by atoms with Crippen molar-refractivity contribution in [2.75, 3.05) is 4.90 Å². The van der Waals surface area contributed by atoms with Crippen LogP contribution >= 0.6 is 11.6 Å². The average Bonchev–Trinajstić information content (AvgIpc) is 3.19. The number of amides is 2. The van der Waals surface area contributed by atoms with E-state index in [0.717, 1.165) is 6.08 Å². The van der Waals surface area contributed by atoms with Crippen LogP contribution in [0.5, 0.6) is 5.75 Å². The van der Waals surface area contributed by atoms with Crippen molar-refractivity contribution in [2.45, 2.75) is 38.0 Å². The van der Waals surface area contributed by atoms with E-state index in [9.17, 15) is 50.6 Å². The second kappa shape index (κ2) is 9.91. The molecule has 228 valence electrons. The molecule has 2 amide bonds. The van der Waals surface area contributed by atoms with E-state index in [1.807, 2.05) is 0 Å². The minimum absolute atomic E-state index is 0.0528. The number of allylic oxidation sites excluding steroid dienone is 6. The van der Waals surface area contributed by atoms with Gasteiger partial charge >= 0.3 is 12.4 Å². The quantitative estimate of drug-likeness (QED) is 0.171. The van der Waals surface area contributed by atoms with Crippen LogP contribution in [0.3, 0.4) is 0 Å². The molecule has 1 fully saturated rings. The van der Waals surface area contributed by atoms with Gasteiger partial charge in [0.15, 0.2) is 11.6 Å². The number of rotatable bonds is 2. The van der Waals surface area contributed by atoms with Gasteiger partial charge in [-0.25, -0.2) is 4.90 Å². The minimum atomic E-state index is -5.20. The van der Waals surface area contributed by atoms with Crippen molar-refractivity contribution in [3.8, 4) is 5.75 Å². The summed E-state index contributed by atoms with van der Waals surface area (Å²) in [5.74, 6) is -7.33. The van der Waals surface area contributed by atoms with Gasteiger partial charge in [0, 0.05) is 27.7 Å². The normalized spacial score (nSPS) is 25.5. The highest BCUT2D eigenvalue weighted by Crippen LogP contribution is 2.56. The molecule has 13 heteroatoms. The number of halogens is 7.